The summed E-state index contributed by atoms with van der Waals surface area (Å²) in [5, 5.41) is 1.40. The number of hydrogen-bond donors (Lipinski definition) is 2. The van der Waals surface area contributed by atoms with Gasteiger partial charge in [-0.05, 0) is 55.4 Å². The number of ether oxygens (including phenoxy) is 1. The van der Waals surface area contributed by atoms with Crippen molar-refractivity contribution in [2.24, 2.45) is 5.73 Å². The zero-order valence-electron chi connectivity index (χ0n) is 13.1. The first-order valence-corrected chi connectivity index (χ1v) is 7.52. The molecule has 0 bridgehead atoms. The number of nitrogens with two attached hydrogens (primary N) is 1. The summed E-state index contributed by atoms with van der Waals surface area (Å²) in [5.41, 5.74) is 11.0. The molecule has 0 fully saturated rings. The molecule has 3 N–H and O–H groups in total. The lowest BCUT2D eigenvalue weighted by Crippen LogP contribution is -2.50. The van der Waals surface area contributed by atoms with Crippen LogP contribution in [0.2, 0.25) is 0 Å². The lowest BCUT2D eigenvalue weighted by Gasteiger charge is -2.23. The Bertz CT molecular complexity index is 704. The smallest absolute Gasteiger partial charge is 0.276 e. The summed E-state index contributed by atoms with van der Waals surface area (Å²) in [6.07, 6.45) is 0. The maximum atomic E-state index is 12.1. The molecule has 1 amide bonds. The van der Waals surface area contributed by atoms with E-state index >= 15 is 0 Å². The molecule has 0 aliphatic carbocycles. The van der Waals surface area contributed by atoms with Gasteiger partial charge in [0.25, 0.3) is 5.91 Å². The first-order valence-electron chi connectivity index (χ1n) is 7.11. The van der Waals surface area contributed by atoms with E-state index in [1.165, 1.54) is 5.01 Å². The molecule has 0 spiro atoms. The van der Waals surface area contributed by atoms with Gasteiger partial charge in [0, 0.05) is 0 Å². The number of carbonyl (C=O) groups is 1. The van der Waals surface area contributed by atoms with Crippen molar-refractivity contribution in [3.8, 4) is 5.75 Å². The molecule has 6 heteroatoms. The van der Waals surface area contributed by atoms with E-state index in [0.29, 0.717) is 11.4 Å². The highest BCUT2D eigenvalue weighted by Gasteiger charge is 2.13. The number of nitrogens with one attached hydrogen (secondary N) is 1. The third kappa shape index (κ3) is 4.69. The van der Waals surface area contributed by atoms with E-state index in [1.54, 1.807) is 12.1 Å². The van der Waals surface area contributed by atoms with Gasteiger partial charge in [-0.2, -0.15) is 0 Å². The zero-order valence-corrected chi connectivity index (χ0v) is 13.9. The molecule has 2 aromatic carbocycles. The van der Waals surface area contributed by atoms with Crippen molar-refractivity contribution in [2.75, 3.05) is 11.6 Å². The van der Waals surface area contributed by atoms with Crippen LogP contribution in [0.15, 0.2) is 48.5 Å². The van der Waals surface area contributed by atoms with Crippen LogP contribution in [0.3, 0.4) is 0 Å². The first-order chi connectivity index (χ1) is 11.0. The standard InChI is InChI=1S/C17H19N3O2S/c1-12-8-9-13(2)15(10-12)22-11-16(21)19-20(17(18)23)14-6-4-3-5-7-14/h3-10H,11H2,1-2H3,(H2,18,23)(H,19,21). The van der Waals surface area contributed by atoms with E-state index in [2.05, 4.69) is 5.43 Å². The molecule has 5 nitrogen and oxygen atoms in total. The second-order valence-corrected chi connectivity index (χ2v) is 5.52. The van der Waals surface area contributed by atoms with E-state index < -0.39 is 0 Å². The predicted molar refractivity (Wildman–Crippen MR) is 95.3 cm³/mol. The molecule has 0 unspecified atom stereocenters. The summed E-state index contributed by atoms with van der Waals surface area (Å²) in [6, 6.07) is 15.0. The quantitative estimate of drug-likeness (QED) is 0.666. The van der Waals surface area contributed by atoms with Gasteiger partial charge in [0.1, 0.15) is 5.75 Å². The van der Waals surface area contributed by atoms with Crippen molar-refractivity contribution in [1.82, 2.24) is 5.43 Å². The molecule has 0 atom stereocenters. The van der Waals surface area contributed by atoms with E-state index in [-0.39, 0.29) is 17.6 Å². The predicted octanol–water partition coefficient (Wildman–Crippen LogP) is 2.46. The molecule has 0 radical (unpaired) electrons. The minimum atomic E-state index is -0.345. The Balaban J connectivity index is 2.00. The Morgan fingerprint density at radius 3 is 2.57 bits per heavy atom. The highest BCUT2D eigenvalue weighted by Crippen LogP contribution is 2.19. The second-order valence-electron chi connectivity index (χ2n) is 5.10. The third-order valence-corrected chi connectivity index (χ3v) is 3.36. The number of hydrazine groups is 1. The van der Waals surface area contributed by atoms with Crippen molar-refractivity contribution in [2.45, 2.75) is 13.8 Å². The second kappa shape index (κ2) is 7.60. The van der Waals surface area contributed by atoms with Crippen LogP contribution in [0.5, 0.6) is 5.75 Å². The Morgan fingerprint density at radius 2 is 1.91 bits per heavy atom. The number of rotatable bonds is 4. The van der Waals surface area contributed by atoms with Crippen molar-refractivity contribution in [3.05, 3.63) is 59.7 Å². The third-order valence-electron chi connectivity index (χ3n) is 3.17. The maximum absolute atomic E-state index is 12.1. The van der Waals surface area contributed by atoms with Gasteiger partial charge >= 0.3 is 0 Å². The monoisotopic (exact) mass is 329 g/mol. The van der Waals surface area contributed by atoms with Crippen LogP contribution in [0.1, 0.15) is 11.1 Å². The zero-order chi connectivity index (χ0) is 16.8. The number of carbonyl (C=O) groups excluding carboxylic acids is 1. The minimum absolute atomic E-state index is 0.0521. The number of para-hydroxylation sites is 1. The van der Waals surface area contributed by atoms with Gasteiger partial charge in [0.05, 0.1) is 5.69 Å². The Hall–Kier alpha value is -2.60. The molecule has 120 valence electrons. The number of benzene rings is 2. The summed E-state index contributed by atoms with van der Waals surface area (Å²) in [4.78, 5) is 12.1. The van der Waals surface area contributed by atoms with E-state index in [1.807, 2.05) is 50.2 Å². The lowest BCUT2D eigenvalue weighted by molar-refractivity contribution is -0.123. The fourth-order valence-corrected chi connectivity index (χ4v) is 2.14. The number of anilines is 1. The molecule has 0 heterocycles. The molecule has 0 aromatic heterocycles. The number of aryl methyl sites for hydroxylation is 2. The Kier molecular flexibility index (Phi) is 5.54. The van der Waals surface area contributed by atoms with Crippen LogP contribution in [0.4, 0.5) is 5.69 Å². The Labute approximate surface area is 141 Å². The van der Waals surface area contributed by atoms with E-state index in [9.17, 15) is 4.79 Å². The van der Waals surface area contributed by atoms with Crippen LogP contribution in [0.25, 0.3) is 0 Å². The molecule has 23 heavy (non-hydrogen) atoms. The SMILES string of the molecule is Cc1ccc(C)c(OCC(=O)NN(C(N)=S)c2ccccc2)c1. The van der Waals surface area contributed by atoms with Crippen molar-refractivity contribution >= 4 is 28.9 Å². The van der Waals surface area contributed by atoms with Crippen molar-refractivity contribution in [1.29, 1.82) is 0 Å². The fraction of sp³-hybridized carbons (Fsp3) is 0.176. The molecule has 0 aliphatic heterocycles. The summed E-state index contributed by atoms with van der Waals surface area (Å²) in [7, 11) is 0. The highest BCUT2D eigenvalue weighted by atomic mass is 32.1. The van der Waals surface area contributed by atoms with Crippen LogP contribution < -0.4 is 20.9 Å². The molecular formula is C17H19N3O2S. The largest absolute Gasteiger partial charge is 0.483 e. The van der Waals surface area contributed by atoms with Crippen LogP contribution in [-0.4, -0.2) is 17.6 Å². The molecule has 0 saturated carbocycles. The number of thiocarbonyl (C=S) groups is 1. The van der Waals surface area contributed by atoms with Crippen LogP contribution >= 0.6 is 12.2 Å². The summed E-state index contributed by atoms with van der Waals surface area (Å²) >= 11 is 4.98. The molecule has 2 aromatic rings. The average molecular weight is 329 g/mol. The fourth-order valence-electron chi connectivity index (χ4n) is 1.99. The minimum Gasteiger partial charge on any atom is -0.483 e. The molecular weight excluding hydrogens is 310 g/mol. The van der Waals surface area contributed by atoms with Crippen molar-refractivity contribution < 1.29 is 9.53 Å². The number of hydrogen-bond acceptors (Lipinski definition) is 3. The van der Waals surface area contributed by atoms with E-state index in [4.69, 9.17) is 22.7 Å². The summed E-state index contributed by atoms with van der Waals surface area (Å²) in [5.74, 6) is 0.337. The highest BCUT2D eigenvalue weighted by molar-refractivity contribution is 7.80. The van der Waals surface area contributed by atoms with E-state index in [0.717, 1.165) is 11.1 Å². The van der Waals surface area contributed by atoms with Gasteiger partial charge in [-0.25, -0.2) is 5.01 Å². The normalized spacial score (nSPS) is 10.0. The Morgan fingerprint density at radius 1 is 1.22 bits per heavy atom. The lowest BCUT2D eigenvalue weighted by atomic mass is 10.1. The van der Waals surface area contributed by atoms with Gasteiger partial charge in [-0.15, -0.1) is 0 Å². The summed E-state index contributed by atoms with van der Waals surface area (Å²) < 4.78 is 5.57. The van der Waals surface area contributed by atoms with Crippen molar-refractivity contribution in [3.63, 3.8) is 0 Å². The van der Waals surface area contributed by atoms with Gasteiger partial charge in [0.2, 0.25) is 0 Å². The number of amides is 1. The molecule has 2 rings (SSSR count). The van der Waals surface area contributed by atoms with Crippen LogP contribution in [0, 0.1) is 13.8 Å². The summed E-state index contributed by atoms with van der Waals surface area (Å²) in [6.45, 7) is 3.77. The molecule has 0 saturated heterocycles. The molecule has 0 aliphatic rings. The topological polar surface area (TPSA) is 67.6 Å². The van der Waals surface area contributed by atoms with Gasteiger partial charge in [0.15, 0.2) is 11.7 Å². The van der Waals surface area contributed by atoms with Gasteiger partial charge < -0.3 is 10.5 Å². The van der Waals surface area contributed by atoms with Crippen LogP contribution in [-0.2, 0) is 4.79 Å². The van der Waals surface area contributed by atoms with Gasteiger partial charge in [-0.3, -0.25) is 10.2 Å². The maximum Gasteiger partial charge on any atom is 0.276 e. The number of nitrogens with zero attached hydrogens (tertiary/aromatic N) is 1. The average Bonchev–Trinajstić information content (AvgIpc) is 2.54. The van der Waals surface area contributed by atoms with Gasteiger partial charge in [-0.1, -0.05) is 30.3 Å². The first kappa shape index (κ1) is 16.8.